The van der Waals surface area contributed by atoms with Gasteiger partial charge in [-0.1, -0.05) is 5.57 Å². The van der Waals surface area contributed by atoms with Crippen LogP contribution in [-0.4, -0.2) is 24.8 Å². The molecule has 92 valence electrons. The summed E-state index contributed by atoms with van der Waals surface area (Å²) in [5, 5.41) is 9.04. The average Bonchev–Trinajstić information content (AvgIpc) is 2.28. The molecule has 4 nitrogen and oxygen atoms in total. The van der Waals surface area contributed by atoms with Gasteiger partial charge in [-0.25, -0.2) is 4.79 Å². The predicted octanol–water partition coefficient (Wildman–Crippen LogP) is 2.74. The first-order valence-electron chi connectivity index (χ1n) is 5.22. The number of ether oxygens (including phenoxy) is 2. The highest BCUT2D eigenvalue weighted by Gasteiger charge is 2.12. The Morgan fingerprint density at radius 2 is 2.12 bits per heavy atom. The zero-order valence-corrected chi connectivity index (χ0v) is 10.2. The van der Waals surface area contributed by atoms with E-state index in [0.29, 0.717) is 18.1 Å². The van der Waals surface area contributed by atoms with Gasteiger partial charge in [0.05, 0.1) is 7.11 Å². The summed E-state index contributed by atoms with van der Waals surface area (Å²) in [6.45, 7) is 4.26. The number of allylic oxidation sites excluding steroid dienone is 1. The van der Waals surface area contributed by atoms with E-state index in [1.165, 1.54) is 13.2 Å². The van der Waals surface area contributed by atoms with Gasteiger partial charge in [-0.2, -0.15) is 0 Å². The van der Waals surface area contributed by atoms with Gasteiger partial charge < -0.3 is 14.6 Å². The minimum absolute atomic E-state index is 0.103. The van der Waals surface area contributed by atoms with Crippen LogP contribution in [0, 0.1) is 0 Å². The molecule has 1 aromatic rings. The first-order valence-corrected chi connectivity index (χ1v) is 5.22. The summed E-state index contributed by atoms with van der Waals surface area (Å²) in [5.74, 6) is -0.191. The minimum atomic E-state index is -1.03. The molecule has 0 amide bonds. The quantitative estimate of drug-likeness (QED) is 0.799. The van der Waals surface area contributed by atoms with E-state index in [-0.39, 0.29) is 5.56 Å². The van der Waals surface area contributed by atoms with Crippen molar-refractivity contribution in [3.8, 4) is 11.5 Å². The Morgan fingerprint density at radius 3 is 2.65 bits per heavy atom. The van der Waals surface area contributed by atoms with E-state index in [9.17, 15) is 4.79 Å². The van der Waals surface area contributed by atoms with Crippen molar-refractivity contribution in [1.82, 2.24) is 0 Å². The fourth-order valence-electron chi connectivity index (χ4n) is 1.23. The Hall–Kier alpha value is -1.97. The Morgan fingerprint density at radius 1 is 1.41 bits per heavy atom. The molecule has 0 aliphatic heterocycles. The van der Waals surface area contributed by atoms with Gasteiger partial charge in [0.1, 0.15) is 23.7 Å². The maximum atomic E-state index is 11.0. The number of hydrogen-bond acceptors (Lipinski definition) is 3. The van der Waals surface area contributed by atoms with Gasteiger partial charge in [0.25, 0.3) is 0 Å². The number of hydrogen-bond donors (Lipinski definition) is 1. The third kappa shape index (κ3) is 3.83. The van der Waals surface area contributed by atoms with E-state index in [4.69, 9.17) is 14.6 Å². The molecule has 0 fully saturated rings. The molecule has 1 N–H and O–H groups in total. The van der Waals surface area contributed by atoms with Crippen LogP contribution in [0.3, 0.4) is 0 Å². The summed E-state index contributed by atoms with van der Waals surface area (Å²) < 4.78 is 10.4. The number of aromatic carboxylic acids is 1. The van der Waals surface area contributed by atoms with Gasteiger partial charge in [0.2, 0.25) is 0 Å². The first-order chi connectivity index (χ1) is 8.04. The van der Waals surface area contributed by atoms with Crippen LogP contribution in [0.15, 0.2) is 29.8 Å². The largest absolute Gasteiger partial charge is 0.497 e. The lowest BCUT2D eigenvalue weighted by Crippen LogP contribution is -2.04. The number of carbonyl (C=O) groups is 1. The van der Waals surface area contributed by atoms with Crippen molar-refractivity contribution < 1.29 is 19.4 Å². The second-order valence-electron chi connectivity index (χ2n) is 3.76. The molecule has 4 heteroatoms. The van der Waals surface area contributed by atoms with Gasteiger partial charge in [-0.3, -0.25) is 0 Å². The molecule has 0 radical (unpaired) electrons. The fourth-order valence-corrected chi connectivity index (χ4v) is 1.23. The van der Waals surface area contributed by atoms with E-state index in [1.807, 2.05) is 19.9 Å². The van der Waals surface area contributed by atoms with E-state index >= 15 is 0 Å². The topological polar surface area (TPSA) is 55.8 Å². The molecule has 0 spiro atoms. The highest BCUT2D eigenvalue weighted by molar-refractivity contribution is 5.91. The molecule has 0 bridgehead atoms. The smallest absolute Gasteiger partial charge is 0.339 e. The summed E-state index contributed by atoms with van der Waals surface area (Å²) in [5.41, 5.74) is 1.22. The molecule has 1 rings (SSSR count). The number of rotatable bonds is 5. The molecule has 1 aromatic carbocycles. The third-order valence-corrected chi connectivity index (χ3v) is 2.15. The average molecular weight is 236 g/mol. The monoisotopic (exact) mass is 236 g/mol. The van der Waals surface area contributed by atoms with Gasteiger partial charge in [0.15, 0.2) is 0 Å². The predicted molar refractivity (Wildman–Crippen MR) is 64.9 cm³/mol. The second kappa shape index (κ2) is 5.94. The van der Waals surface area contributed by atoms with Gasteiger partial charge >= 0.3 is 5.97 Å². The highest BCUT2D eigenvalue weighted by atomic mass is 16.5. The van der Waals surface area contributed by atoms with Crippen LogP contribution in [0.4, 0.5) is 0 Å². The summed E-state index contributed by atoms with van der Waals surface area (Å²) in [4.78, 5) is 11.0. The normalized spacial score (nSPS) is 9.59. The Balaban J connectivity index is 2.91. The number of methoxy groups -OCH3 is 1. The van der Waals surface area contributed by atoms with Crippen molar-refractivity contribution in [1.29, 1.82) is 0 Å². The maximum Gasteiger partial charge on any atom is 0.339 e. The van der Waals surface area contributed by atoms with E-state index in [2.05, 4.69) is 0 Å². The molecule has 0 aliphatic rings. The molecule has 0 saturated heterocycles. The lowest BCUT2D eigenvalue weighted by Gasteiger charge is -2.09. The van der Waals surface area contributed by atoms with Crippen LogP contribution >= 0.6 is 0 Å². The Kier molecular flexibility index (Phi) is 4.57. The fraction of sp³-hybridized carbons (Fsp3) is 0.308. The zero-order valence-electron chi connectivity index (χ0n) is 10.2. The molecular formula is C13H16O4. The maximum absolute atomic E-state index is 11.0. The van der Waals surface area contributed by atoms with Gasteiger partial charge in [-0.15, -0.1) is 0 Å². The molecule has 0 heterocycles. The zero-order chi connectivity index (χ0) is 12.8. The molecule has 0 aromatic heterocycles. The van der Waals surface area contributed by atoms with E-state index in [1.54, 1.807) is 12.1 Å². The van der Waals surface area contributed by atoms with Crippen molar-refractivity contribution in [2.24, 2.45) is 0 Å². The van der Waals surface area contributed by atoms with Crippen molar-refractivity contribution in [2.45, 2.75) is 13.8 Å². The Bertz CT molecular complexity index is 431. The van der Waals surface area contributed by atoms with Crippen molar-refractivity contribution in [2.75, 3.05) is 13.7 Å². The first kappa shape index (κ1) is 13.1. The lowest BCUT2D eigenvalue weighted by atomic mass is 10.2. The molecule has 0 atom stereocenters. The summed E-state index contributed by atoms with van der Waals surface area (Å²) in [6, 6.07) is 4.71. The lowest BCUT2D eigenvalue weighted by molar-refractivity contribution is 0.0692. The van der Waals surface area contributed by atoms with E-state index in [0.717, 1.165) is 5.57 Å². The van der Waals surface area contributed by atoms with Crippen LogP contribution in [0.25, 0.3) is 0 Å². The van der Waals surface area contributed by atoms with Crippen LogP contribution in [0.1, 0.15) is 24.2 Å². The third-order valence-electron chi connectivity index (χ3n) is 2.15. The summed E-state index contributed by atoms with van der Waals surface area (Å²) in [6.07, 6.45) is 1.88. The molecular weight excluding hydrogens is 220 g/mol. The second-order valence-corrected chi connectivity index (χ2v) is 3.76. The standard InChI is InChI=1S/C13H16O4/c1-9(2)6-7-17-12-5-4-10(16-3)8-11(12)13(14)15/h4-6,8H,7H2,1-3H3,(H,14,15). The summed E-state index contributed by atoms with van der Waals surface area (Å²) in [7, 11) is 1.49. The Labute approximate surface area is 100 Å². The molecule has 17 heavy (non-hydrogen) atoms. The van der Waals surface area contributed by atoms with Crippen LogP contribution in [0.5, 0.6) is 11.5 Å². The van der Waals surface area contributed by atoms with Crippen LogP contribution in [-0.2, 0) is 0 Å². The number of carboxylic acids is 1. The van der Waals surface area contributed by atoms with Crippen LogP contribution < -0.4 is 9.47 Å². The number of carboxylic acid groups (broad SMARTS) is 1. The number of benzene rings is 1. The summed E-state index contributed by atoms with van der Waals surface area (Å²) >= 11 is 0. The van der Waals surface area contributed by atoms with Gasteiger partial charge in [0, 0.05) is 0 Å². The molecule has 0 saturated carbocycles. The SMILES string of the molecule is COc1ccc(OCC=C(C)C)c(C(=O)O)c1. The highest BCUT2D eigenvalue weighted by Crippen LogP contribution is 2.24. The van der Waals surface area contributed by atoms with E-state index < -0.39 is 5.97 Å². The van der Waals surface area contributed by atoms with Crippen LogP contribution in [0.2, 0.25) is 0 Å². The van der Waals surface area contributed by atoms with Crippen molar-refractivity contribution in [3.05, 3.63) is 35.4 Å². The minimum Gasteiger partial charge on any atom is -0.497 e. The molecule has 0 unspecified atom stereocenters. The van der Waals surface area contributed by atoms with Crippen molar-refractivity contribution >= 4 is 5.97 Å². The van der Waals surface area contributed by atoms with Crippen molar-refractivity contribution in [3.63, 3.8) is 0 Å². The molecule has 0 aliphatic carbocycles. The van der Waals surface area contributed by atoms with Gasteiger partial charge in [-0.05, 0) is 38.1 Å².